The molecule has 3 heteroatoms. The molecule has 1 heterocycles. The maximum Gasteiger partial charge on any atom is 0.109 e. The summed E-state index contributed by atoms with van der Waals surface area (Å²) in [6.07, 6.45) is 0.773. The summed E-state index contributed by atoms with van der Waals surface area (Å²) >= 11 is 0. The van der Waals surface area contributed by atoms with Gasteiger partial charge in [-0.3, -0.25) is 0 Å². The van der Waals surface area contributed by atoms with Crippen molar-refractivity contribution in [2.75, 3.05) is 27.7 Å². The number of hydrogen-bond donors (Lipinski definition) is 1. The van der Waals surface area contributed by atoms with Crippen LogP contribution in [0.2, 0.25) is 0 Å². The number of hydrogen-bond acceptors (Lipinski definition) is 2. The normalized spacial score (nSPS) is 37.2. The number of rotatable bonds is 2. The molecule has 3 nitrogen and oxygen atoms in total. The van der Waals surface area contributed by atoms with Crippen molar-refractivity contribution < 1.29 is 14.3 Å². The van der Waals surface area contributed by atoms with Gasteiger partial charge in [0.05, 0.1) is 33.4 Å². The number of quaternary nitrogens is 1. The van der Waals surface area contributed by atoms with Crippen molar-refractivity contribution in [2.24, 2.45) is 0 Å². The van der Waals surface area contributed by atoms with E-state index in [4.69, 9.17) is 4.74 Å². The second-order valence-corrected chi connectivity index (χ2v) is 4.74. The first-order valence-corrected chi connectivity index (χ1v) is 4.52. The molecular formula is C9H20NO2+. The first kappa shape index (κ1) is 9.96. The van der Waals surface area contributed by atoms with Crippen molar-refractivity contribution in [1.29, 1.82) is 0 Å². The van der Waals surface area contributed by atoms with E-state index in [0.717, 1.165) is 17.4 Å². The summed E-state index contributed by atoms with van der Waals surface area (Å²) in [6, 6.07) is 0. The smallest absolute Gasteiger partial charge is 0.109 e. The number of likely N-dealkylation sites (N-methyl/N-ethyl adjacent to an activating group) is 1. The van der Waals surface area contributed by atoms with Crippen LogP contribution in [0.1, 0.15) is 13.3 Å². The van der Waals surface area contributed by atoms with Crippen LogP contribution in [-0.4, -0.2) is 55.6 Å². The molecule has 0 radical (unpaired) electrons. The van der Waals surface area contributed by atoms with E-state index < -0.39 is 0 Å². The van der Waals surface area contributed by atoms with Crippen LogP contribution < -0.4 is 0 Å². The average molecular weight is 174 g/mol. The molecule has 0 aromatic heterocycles. The van der Waals surface area contributed by atoms with Crippen LogP contribution in [0.25, 0.3) is 0 Å². The van der Waals surface area contributed by atoms with Crippen LogP contribution in [0.4, 0.5) is 0 Å². The molecule has 1 aliphatic rings. The fourth-order valence-electron chi connectivity index (χ4n) is 1.64. The zero-order valence-corrected chi connectivity index (χ0v) is 8.45. The van der Waals surface area contributed by atoms with Gasteiger partial charge in [0, 0.05) is 6.42 Å². The summed E-state index contributed by atoms with van der Waals surface area (Å²) in [5, 5.41) is 9.43. The van der Waals surface area contributed by atoms with E-state index in [1.54, 1.807) is 0 Å². The Hall–Kier alpha value is -0.120. The predicted molar refractivity (Wildman–Crippen MR) is 47.9 cm³/mol. The third-order valence-electron chi connectivity index (χ3n) is 2.20. The third-order valence-corrected chi connectivity index (χ3v) is 2.20. The minimum Gasteiger partial charge on any atom is -0.390 e. The van der Waals surface area contributed by atoms with Gasteiger partial charge in [-0.1, -0.05) is 0 Å². The monoisotopic (exact) mass is 174 g/mol. The second kappa shape index (κ2) is 3.32. The molecule has 0 amide bonds. The van der Waals surface area contributed by atoms with Crippen LogP contribution >= 0.6 is 0 Å². The number of aliphatic hydroxyl groups is 1. The SMILES string of the molecule is C[C@H]1O[C@H](C[N+](C)(C)C)C[C@H]1O. The molecule has 0 aromatic carbocycles. The van der Waals surface area contributed by atoms with Crippen molar-refractivity contribution in [2.45, 2.75) is 31.7 Å². The van der Waals surface area contributed by atoms with Crippen LogP contribution in [-0.2, 0) is 4.74 Å². The fourth-order valence-corrected chi connectivity index (χ4v) is 1.64. The Labute approximate surface area is 74.5 Å². The van der Waals surface area contributed by atoms with E-state index in [2.05, 4.69) is 21.1 Å². The van der Waals surface area contributed by atoms with E-state index in [1.165, 1.54) is 0 Å². The summed E-state index contributed by atoms with van der Waals surface area (Å²) in [6.45, 7) is 2.90. The first-order chi connectivity index (χ1) is 5.38. The van der Waals surface area contributed by atoms with Gasteiger partial charge in [-0.2, -0.15) is 0 Å². The highest BCUT2D eigenvalue weighted by Gasteiger charge is 2.33. The molecule has 0 saturated carbocycles. The Morgan fingerprint density at radius 1 is 1.42 bits per heavy atom. The zero-order chi connectivity index (χ0) is 9.35. The van der Waals surface area contributed by atoms with Gasteiger partial charge in [-0.05, 0) is 6.92 Å². The van der Waals surface area contributed by atoms with Gasteiger partial charge < -0.3 is 14.3 Å². The molecule has 1 aliphatic heterocycles. The minimum absolute atomic E-state index is 0.0153. The molecule has 72 valence electrons. The molecule has 0 spiro atoms. The quantitative estimate of drug-likeness (QED) is 0.607. The van der Waals surface area contributed by atoms with Gasteiger partial charge in [0.15, 0.2) is 0 Å². The molecule has 1 saturated heterocycles. The number of ether oxygens (including phenoxy) is 1. The fraction of sp³-hybridized carbons (Fsp3) is 1.00. The lowest BCUT2D eigenvalue weighted by atomic mass is 10.1. The van der Waals surface area contributed by atoms with E-state index in [0.29, 0.717) is 0 Å². The van der Waals surface area contributed by atoms with E-state index in [1.807, 2.05) is 6.92 Å². The van der Waals surface area contributed by atoms with Gasteiger partial charge in [-0.15, -0.1) is 0 Å². The summed E-state index contributed by atoms with van der Waals surface area (Å²) in [4.78, 5) is 0. The summed E-state index contributed by atoms with van der Waals surface area (Å²) < 4.78 is 6.48. The molecule has 3 atom stereocenters. The largest absolute Gasteiger partial charge is 0.390 e. The molecule has 1 fully saturated rings. The summed E-state index contributed by atoms with van der Waals surface area (Å²) in [7, 11) is 6.41. The van der Waals surface area contributed by atoms with Gasteiger partial charge in [-0.25, -0.2) is 0 Å². The average Bonchev–Trinajstić information content (AvgIpc) is 2.07. The Kier molecular flexibility index (Phi) is 2.76. The van der Waals surface area contributed by atoms with Crippen LogP contribution in [0.15, 0.2) is 0 Å². The van der Waals surface area contributed by atoms with E-state index in [-0.39, 0.29) is 18.3 Å². The van der Waals surface area contributed by atoms with Crippen LogP contribution in [0, 0.1) is 0 Å². The molecule has 1 N–H and O–H groups in total. The Morgan fingerprint density at radius 3 is 2.33 bits per heavy atom. The molecular weight excluding hydrogens is 154 g/mol. The third kappa shape index (κ3) is 2.73. The molecule has 0 aliphatic carbocycles. The van der Waals surface area contributed by atoms with E-state index >= 15 is 0 Å². The molecule has 0 bridgehead atoms. The molecule has 0 unspecified atom stereocenters. The first-order valence-electron chi connectivity index (χ1n) is 4.52. The van der Waals surface area contributed by atoms with Crippen molar-refractivity contribution in [3.8, 4) is 0 Å². The van der Waals surface area contributed by atoms with Crippen molar-refractivity contribution >= 4 is 0 Å². The van der Waals surface area contributed by atoms with Gasteiger partial charge >= 0.3 is 0 Å². The lowest BCUT2D eigenvalue weighted by Gasteiger charge is -2.26. The maximum absolute atomic E-state index is 9.43. The Bertz CT molecular complexity index is 143. The van der Waals surface area contributed by atoms with Crippen molar-refractivity contribution in [3.63, 3.8) is 0 Å². The topological polar surface area (TPSA) is 29.5 Å². The lowest BCUT2D eigenvalue weighted by Crippen LogP contribution is -2.41. The Morgan fingerprint density at radius 2 is 2.00 bits per heavy atom. The standard InChI is InChI=1S/C9H20NO2/c1-7-9(11)5-8(12-7)6-10(2,3)4/h7-9,11H,5-6H2,1-4H3/q+1/t7-,8+,9-/m1/s1. The van der Waals surface area contributed by atoms with Gasteiger partial charge in [0.25, 0.3) is 0 Å². The maximum atomic E-state index is 9.43. The second-order valence-electron chi connectivity index (χ2n) is 4.74. The van der Waals surface area contributed by atoms with E-state index in [9.17, 15) is 5.11 Å². The van der Waals surface area contributed by atoms with Crippen molar-refractivity contribution in [3.05, 3.63) is 0 Å². The highest BCUT2D eigenvalue weighted by Crippen LogP contribution is 2.21. The highest BCUT2D eigenvalue weighted by molar-refractivity contribution is 4.78. The van der Waals surface area contributed by atoms with Crippen LogP contribution in [0.3, 0.4) is 0 Å². The minimum atomic E-state index is -0.262. The number of aliphatic hydroxyl groups excluding tert-OH is 1. The van der Waals surface area contributed by atoms with Gasteiger partial charge in [0.1, 0.15) is 12.6 Å². The van der Waals surface area contributed by atoms with Crippen LogP contribution in [0.5, 0.6) is 0 Å². The predicted octanol–water partition coefficient (Wildman–Crippen LogP) is 0.231. The molecule has 12 heavy (non-hydrogen) atoms. The molecule has 1 rings (SSSR count). The van der Waals surface area contributed by atoms with Crippen molar-refractivity contribution in [1.82, 2.24) is 0 Å². The van der Waals surface area contributed by atoms with Gasteiger partial charge in [0.2, 0.25) is 0 Å². The summed E-state index contributed by atoms with van der Waals surface area (Å²) in [5.41, 5.74) is 0. The molecule has 0 aromatic rings. The summed E-state index contributed by atoms with van der Waals surface area (Å²) in [5.74, 6) is 0. The highest BCUT2D eigenvalue weighted by atomic mass is 16.5. The lowest BCUT2D eigenvalue weighted by molar-refractivity contribution is -0.873. The number of nitrogens with zero attached hydrogens (tertiary/aromatic N) is 1. The zero-order valence-electron chi connectivity index (χ0n) is 8.45. The Balaban J connectivity index is 2.38.